The van der Waals surface area contributed by atoms with Crippen molar-refractivity contribution >= 4 is 28.9 Å². The largest absolute Gasteiger partial charge is 0.329 e. The van der Waals surface area contributed by atoms with Crippen molar-refractivity contribution < 1.29 is 4.79 Å². The average molecular weight is 477 g/mol. The minimum atomic E-state index is -0.133. The van der Waals surface area contributed by atoms with E-state index >= 15 is 0 Å². The van der Waals surface area contributed by atoms with Crippen LogP contribution in [-0.2, 0) is 4.79 Å². The maximum absolute atomic E-state index is 13.4. The van der Waals surface area contributed by atoms with Crippen LogP contribution in [0.1, 0.15) is 70.4 Å². The van der Waals surface area contributed by atoms with Gasteiger partial charge < -0.3 is 15.1 Å². The zero-order chi connectivity index (χ0) is 23.9. The second-order valence-corrected chi connectivity index (χ2v) is 10.8. The zero-order valence-electron chi connectivity index (χ0n) is 20.8. The molecule has 1 aliphatic carbocycles. The Hall–Kier alpha value is -2.94. The molecular weight excluding hydrogens is 440 g/mol. The van der Waals surface area contributed by atoms with E-state index < -0.39 is 0 Å². The zero-order valence-corrected chi connectivity index (χ0v) is 20.8. The fourth-order valence-corrected chi connectivity index (χ4v) is 5.70. The van der Waals surface area contributed by atoms with Crippen LogP contribution in [0, 0.1) is 5.92 Å². The first-order valence-corrected chi connectivity index (χ1v) is 13.3. The number of aromatic nitrogens is 5. The van der Waals surface area contributed by atoms with Crippen molar-refractivity contribution in [3.8, 4) is 0 Å². The lowest BCUT2D eigenvalue weighted by Gasteiger charge is -2.35. The number of carbonyl (C=O) groups excluding carboxylic acids is 1. The number of fused-ring (bicyclic) bond motifs is 1. The Morgan fingerprint density at radius 1 is 1.17 bits per heavy atom. The summed E-state index contributed by atoms with van der Waals surface area (Å²) in [5.74, 6) is 3.54. The summed E-state index contributed by atoms with van der Waals surface area (Å²) < 4.78 is 1.85. The second kappa shape index (κ2) is 9.26. The van der Waals surface area contributed by atoms with Crippen LogP contribution in [-0.4, -0.2) is 67.2 Å². The number of aromatic amines is 1. The van der Waals surface area contributed by atoms with Crippen molar-refractivity contribution in [3.05, 3.63) is 30.1 Å². The van der Waals surface area contributed by atoms with Gasteiger partial charge in [0, 0.05) is 42.9 Å². The van der Waals surface area contributed by atoms with E-state index in [0.717, 1.165) is 56.7 Å². The molecule has 9 heteroatoms. The number of H-pyrrole nitrogens is 1. The first kappa shape index (κ1) is 22.5. The summed E-state index contributed by atoms with van der Waals surface area (Å²) in [6.07, 6.45) is 9.15. The summed E-state index contributed by atoms with van der Waals surface area (Å²) >= 11 is 0. The molecule has 1 saturated carbocycles. The highest BCUT2D eigenvalue weighted by Gasteiger charge is 2.35. The molecule has 0 spiro atoms. The summed E-state index contributed by atoms with van der Waals surface area (Å²) in [7, 11) is 0. The van der Waals surface area contributed by atoms with Crippen LogP contribution >= 0.6 is 0 Å². The number of nitrogens with one attached hydrogen (secondary N) is 2. The van der Waals surface area contributed by atoms with Gasteiger partial charge in [0.05, 0.1) is 6.04 Å². The van der Waals surface area contributed by atoms with Gasteiger partial charge in [0.1, 0.15) is 5.52 Å². The van der Waals surface area contributed by atoms with Crippen molar-refractivity contribution in [1.82, 2.24) is 29.7 Å². The van der Waals surface area contributed by atoms with Crippen LogP contribution in [0.15, 0.2) is 24.4 Å². The highest BCUT2D eigenvalue weighted by molar-refractivity contribution is 5.87. The number of piperidine rings is 1. The fraction of sp³-hybridized carbons (Fsp3) is 0.615. The molecule has 6 rings (SSSR count). The Balaban J connectivity index is 1.19. The van der Waals surface area contributed by atoms with E-state index in [1.54, 1.807) is 0 Å². The summed E-state index contributed by atoms with van der Waals surface area (Å²) in [6, 6.07) is 6.49. The molecule has 2 aliphatic heterocycles. The van der Waals surface area contributed by atoms with E-state index in [1.165, 1.54) is 18.5 Å². The van der Waals surface area contributed by atoms with E-state index in [0.29, 0.717) is 41.8 Å². The molecule has 3 aromatic rings. The number of Topliss-reactive ketones (excluding diaryl/α,β-unsaturated/α-hetero) is 1. The number of ketones is 1. The molecule has 2 saturated heterocycles. The highest BCUT2D eigenvalue weighted by Crippen LogP contribution is 2.40. The minimum absolute atomic E-state index is 0.133. The van der Waals surface area contributed by atoms with Gasteiger partial charge in [-0.15, -0.1) is 5.10 Å². The number of anilines is 3. The third kappa shape index (κ3) is 4.66. The van der Waals surface area contributed by atoms with Gasteiger partial charge in [0.15, 0.2) is 17.4 Å². The number of rotatable bonds is 8. The maximum Gasteiger partial charge on any atom is 0.246 e. The van der Waals surface area contributed by atoms with Gasteiger partial charge in [0.2, 0.25) is 5.95 Å². The summed E-state index contributed by atoms with van der Waals surface area (Å²) in [5.41, 5.74) is 2.07. The van der Waals surface area contributed by atoms with E-state index in [1.807, 2.05) is 22.8 Å². The molecule has 35 heavy (non-hydrogen) atoms. The topological polar surface area (TPSA) is 94.5 Å². The SMILES string of the molecule is CC(C)N1CCC(CC(=O)[C@@H]2CCCN2c2nc(Nc3cc(C4CC4)[nH]n3)c3cccn3n2)CC1. The lowest BCUT2D eigenvalue weighted by atomic mass is 9.89. The minimum Gasteiger partial charge on any atom is -0.329 e. The standard InChI is InChI=1S/C26H36N8O/c1-17(2)32-13-9-18(10-14-32)15-23(35)21-5-3-11-33(21)26-28-25(22-6-4-12-34(22)31-26)27-24-16-20(29-30-24)19-7-8-19/h4,6,12,16-19,21H,3,5,7-11,13-15H2,1-2H3,(H2,27,28,29,30,31)/t21-/m0/s1. The molecule has 3 aromatic heterocycles. The molecule has 2 N–H and O–H groups in total. The Morgan fingerprint density at radius 3 is 2.77 bits per heavy atom. The first-order chi connectivity index (χ1) is 17.0. The number of nitrogens with zero attached hydrogens (tertiary/aromatic N) is 6. The summed E-state index contributed by atoms with van der Waals surface area (Å²) in [5, 5.41) is 15.8. The molecule has 9 nitrogen and oxygen atoms in total. The lowest BCUT2D eigenvalue weighted by Crippen LogP contribution is -2.41. The van der Waals surface area contributed by atoms with Gasteiger partial charge in [-0.1, -0.05) is 0 Å². The van der Waals surface area contributed by atoms with Crippen LogP contribution in [0.25, 0.3) is 5.52 Å². The van der Waals surface area contributed by atoms with Gasteiger partial charge in [-0.25, -0.2) is 4.52 Å². The van der Waals surface area contributed by atoms with E-state index in [2.05, 4.69) is 45.2 Å². The predicted octanol–water partition coefficient (Wildman–Crippen LogP) is 4.12. The molecule has 3 fully saturated rings. The Labute approximate surface area is 206 Å². The highest BCUT2D eigenvalue weighted by atomic mass is 16.1. The number of hydrogen-bond acceptors (Lipinski definition) is 7. The normalized spacial score (nSPS) is 21.9. The van der Waals surface area contributed by atoms with Crippen molar-refractivity contribution in [3.63, 3.8) is 0 Å². The molecule has 3 aliphatic rings. The monoisotopic (exact) mass is 476 g/mol. The Kier molecular flexibility index (Phi) is 5.96. The molecule has 0 aromatic carbocycles. The van der Waals surface area contributed by atoms with Crippen LogP contribution in [0.2, 0.25) is 0 Å². The van der Waals surface area contributed by atoms with Crippen LogP contribution in [0.5, 0.6) is 0 Å². The molecule has 0 radical (unpaired) electrons. The van der Waals surface area contributed by atoms with E-state index in [-0.39, 0.29) is 6.04 Å². The summed E-state index contributed by atoms with van der Waals surface area (Å²) in [4.78, 5) is 23.0. The van der Waals surface area contributed by atoms with Crippen LogP contribution in [0.3, 0.4) is 0 Å². The fourth-order valence-electron chi connectivity index (χ4n) is 5.70. The molecule has 5 heterocycles. The lowest BCUT2D eigenvalue weighted by molar-refractivity contribution is -0.121. The van der Waals surface area contributed by atoms with Gasteiger partial charge in [-0.3, -0.25) is 9.89 Å². The number of carbonyl (C=O) groups is 1. The molecule has 0 amide bonds. The van der Waals surface area contributed by atoms with Gasteiger partial charge in [0.25, 0.3) is 0 Å². The third-order valence-corrected chi connectivity index (χ3v) is 7.99. The van der Waals surface area contributed by atoms with Crippen LogP contribution in [0.4, 0.5) is 17.6 Å². The van der Waals surface area contributed by atoms with E-state index in [9.17, 15) is 4.79 Å². The molecule has 0 bridgehead atoms. The number of likely N-dealkylation sites (tertiary alicyclic amines) is 1. The predicted molar refractivity (Wildman–Crippen MR) is 136 cm³/mol. The van der Waals surface area contributed by atoms with Crippen molar-refractivity contribution in [2.24, 2.45) is 5.92 Å². The molecular formula is C26H36N8O. The van der Waals surface area contributed by atoms with Crippen molar-refractivity contribution in [1.29, 1.82) is 0 Å². The molecule has 186 valence electrons. The van der Waals surface area contributed by atoms with Gasteiger partial charge in [-0.05, 0) is 83.5 Å². The van der Waals surface area contributed by atoms with Crippen LogP contribution < -0.4 is 10.2 Å². The smallest absolute Gasteiger partial charge is 0.246 e. The number of hydrogen-bond donors (Lipinski definition) is 2. The Bertz CT molecular complexity index is 1190. The second-order valence-electron chi connectivity index (χ2n) is 10.8. The molecule has 1 atom stereocenters. The third-order valence-electron chi connectivity index (χ3n) is 7.99. The van der Waals surface area contributed by atoms with Crippen molar-refractivity contribution in [2.75, 3.05) is 29.9 Å². The summed E-state index contributed by atoms with van der Waals surface area (Å²) in [6.45, 7) is 7.52. The Morgan fingerprint density at radius 2 is 2.00 bits per heavy atom. The van der Waals surface area contributed by atoms with Gasteiger partial charge >= 0.3 is 0 Å². The quantitative estimate of drug-likeness (QED) is 0.505. The molecule has 0 unspecified atom stereocenters. The van der Waals surface area contributed by atoms with E-state index in [4.69, 9.17) is 10.1 Å². The first-order valence-electron chi connectivity index (χ1n) is 13.3. The van der Waals surface area contributed by atoms with Gasteiger partial charge in [-0.2, -0.15) is 10.1 Å². The van der Waals surface area contributed by atoms with Crippen molar-refractivity contribution in [2.45, 2.75) is 76.8 Å². The average Bonchev–Trinajstić information content (AvgIpc) is 3.24. The maximum atomic E-state index is 13.4.